The summed E-state index contributed by atoms with van der Waals surface area (Å²) in [6, 6.07) is 0.304. The number of hydrogen-bond donors (Lipinski definition) is 1. The van der Waals surface area contributed by atoms with Gasteiger partial charge in [0.2, 0.25) is 5.95 Å². The molecule has 80 valence electrons. The Hall–Kier alpha value is -1.27. The monoisotopic (exact) mass is 206 g/mol. The van der Waals surface area contributed by atoms with Gasteiger partial charge in [-0.25, -0.2) is 9.97 Å². The Morgan fingerprint density at radius 1 is 1.20 bits per heavy atom. The molecule has 0 saturated carbocycles. The van der Waals surface area contributed by atoms with Crippen LogP contribution in [-0.4, -0.2) is 57.5 Å². The highest BCUT2D eigenvalue weighted by molar-refractivity contribution is 5.15. The molecule has 6 heteroatoms. The largest absolute Gasteiger partial charge is 0.368 e. The second-order valence-corrected chi connectivity index (χ2v) is 4.05. The van der Waals surface area contributed by atoms with Gasteiger partial charge in [-0.1, -0.05) is 0 Å². The smallest absolute Gasteiger partial charge is 0.223 e. The Labute approximate surface area is 88.1 Å². The molecule has 15 heavy (non-hydrogen) atoms. The number of nitrogen functional groups attached to an aromatic ring is 1. The van der Waals surface area contributed by atoms with E-state index in [1.54, 1.807) is 0 Å². The quantitative estimate of drug-likeness (QED) is 0.644. The summed E-state index contributed by atoms with van der Waals surface area (Å²) in [7, 11) is 0. The van der Waals surface area contributed by atoms with Crippen molar-refractivity contribution in [1.29, 1.82) is 0 Å². The van der Waals surface area contributed by atoms with Crippen LogP contribution >= 0.6 is 0 Å². The van der Waals surface area contributed by atoms with E-state index in [4.69, 9.17) is 5.73 Å². The van der Waals surface area contributed by atoms with Gasteiger partial charge in [0.1, 0.15) is 6.33 Å². The highest BCUT2D eigenvalue weighted by atomic mass is 15.4. The molecule has 2 N–H and O–H groups in total. The number of rotatable bonds is 1. The zero-order valence-corrected chi connectivity index (χ0v) is 8.50. The van der Waals surface area contributed by atoms with Crippen LogP contribution in [0.2, 0.25) is 0 Å². The number of nitrogens with zero attached hydrogens (tertiary/aromatic N) is 5. The maximum Gasteiger partial charge on any atom is 0.223 e. The molecular weight excluding hydrogens is 192 g/mol. The van der Waals surface area contributed by atoms with Crippen molar-refractivity contribution in [2.24, 2.45) is 0 Å². The first-order chi connectivity index (χ1) is 7.33. The minimum atomic E-state index is 0.304. The third kappa shape index (κ3) is 1.55. The molecule has 3 aliphatic heterocycles. The lowest BCUT2D eigenvalue weighted by Gasteiger charge is -2.46. The van der Waals surface area contributed by atoms with Gasteiger partial charge in [-0.2, -0.15) is 4.98 Å². The second kappa shape index (κ2) is 3.39. The average molecular weight is 206 g/mol. The van der Waals surface area contributed by atoms with E-state index in [-0.39, 0.29) is 0 Å². The number of nitrogens with two attached hydrogens (primary N) is 1. The van der Waals surface area contributed by atoms with E-state index in [9.17, 15) is 0 Å². The van der Waals surface area contributed by atoms with E-state index in [2.05, 4.69) is 24.8 Å². The summed E-state index contributed by atoms with van der Waals surface area (Å²) in [6.45, 7) is 5.56. The molecule has 3 aliphatic rings. The van der Waals surface area contributed by atoms with Crippen LogP contribution in [0.1, 0.15) is 11.9 Å². The average Bonchev–Trinajstić information content (AvgIpc) is 2.30. The molecule has 0 spiro atoms. The lowest BCUT2D eigenvalue weighted by molar-refractivity contribution is 0.00862. The lowest BCUT2D eigenvalue weighted by atomic mass is 10.1. The Balaban J connectivity index is 1.88. The van der Waals surface area contributed by atoms with Crippen LogP contribution in [0.25, 0.3) is 0 Å². The maximum atomic E-state index is 5.57. The molecule has 3 saturated heterocycles. The fourth-order valence-electron chi connectivity index (χ4n) is 2.35. The SMILES string of the molecule is Nc1ncnc(C2CN3CCN2CC3)n1. The van der Waals surface area contributed by atoms with Crippen molar-refractivity contribution in [1.82, 2.24) is 24.8 Å². The summed E-state index contributed by atoms with van der Waals surface area (Å²) in [5.74, 6) is 1.13. The van der Waals surface area contributed by atoms with Gasteiger partial charge in [-0.3, -0.25) is 9.80 Å². The van der Waals surface area contributed by atoms with Crippen molar-refractivity contribution >= 4 is 5.95 Å². The van der Waals surface area contributed by atoms with Crippen molar-refractivity contribution in [2.45, 2.75) is 6.04 Å². The van der Waals surface area contributed by atoms with Crippen LogP contribution in [0.4, 0.5) is 5.95 Å². The first kappa shape index (κ1) is 8.99. The molecule has 1 aromatic heterocycles. The summed E-state index contributed by atoms with van der Waals surface area (Å²) in [4.78, 5) is 17.1. The fourth-order valence-corrected chi connectivity index (χ4v) is 2.35. The zero-order chi connectivity index (χ0) is 10.3. The summed E-state index contributed by atoms with van der Waals surface area (Å²) < 4.78 is 0. The maximum absolute atomic E-state index is 5.57. The topological polar surface area (TPSA) is 71.2 Å². The first-order valence-corrected chi connectivity index (χ1v) is 5.24. The number of hydrogen-bond acceptors (Lipinski definition) is 6. The lowest BCUT2D eigenvalue weighted by Crippen LogP contribution is -2.57. The van der Waals surface area contributed by atoms with Gasteiger partial charge in [0, 0.05) is 32.7 Å². The summed E-state index contributed by atoms with van der Waals surface area (Å²) in [5.41, 5.74) is 5.57. The van der Waals surface area contributed by atoms with Gasteiger partial charge in [-0.15, -0.1) is 0 Å². The predicted molar refractivity (Wildman–Crippen MR) is 55.0 cm³/mol. The van der Waals surface area contributed by atoms with Gasteiger partial charge < -0.3 is 5.73 Å². The van der Waals surface area contributed by atoms with Crippen LogP contribution in [0.3, 0.4) is 0 Å². The molecule has 0 aromatic carbocycles. The molecule has 2 bridgehead atoms. The number of anilines is 1. The van der Waals surface area contributed by atoms with E-state index in [1.165, 1.54) is 6.33 Å². The molecule has 3 fully saturated rings. The predicted octanol–water partition coefficient (Wildman–Crippen LogP) is -0.874. The highest BCUT2D eigenvalue weighted by Gasteiger charge is 2.34. The van der Waals surface area contributed by atoms with Crippen LogP contribution in [-0.2, 0) is 0 Å². The molecule has 1 atom stereocenters. The standard InChI is InChI=1S/C9H14N6/c10-9-12-6-11-8(13-9)7-5-14-1-3-15(7)4-2-14/h6-7H,1-5H2,(H2,10,11,12,13). The minimum absolute atomic E-state index is 0.304. The summed E-state index contributed by atoms with van der Waals surface area (Å²) >= 11 is 0. The number of piperazine rings is 3. The third-order valence-corrected chi connectivity index (χ3v) is 3.19. The van der Waals surface area contributed by atoms with Gasteiger partial charge in [-0.05, 0) is 0 Å². The van der Waals surface area contributed by atoms with E-state index in [0.29, 0.717) is 12.0 Å². The first-order valence-electron chi connectivity index (χ1n) is 5.24. The summed E-state index contributed by atoms with van der Waals surface area (Å²) in [6.07, 6.45) is 1.50. The Bertz CT molecular complexity index is 359. The van der Waals surface area contributed by atoms with Gasteiger partial charge >= 0.3 is 0 Å². The number of fused-ring (bicyclic) bond motifs is 3. The molecule has 0 amide bonds. The normalized spacial score (nSPS) is 34.3. The van der Waals surface area contributed by atoms with Crippen molar-refractivity contribution in [3.05, 3.63) is 12.2 Å². The number of aromatic nitrogens is 3. The molecule has 0 radical (unpaired) electrons. The van der Waals surface area contributed by atoms with Crippen LogP contribution in [0, 0.1) is 0 Å². The van der Waals surface area contributed by atoms with E-state index in [0.717, 1.165) is 38.5 Å². The van der Waals surface area contributed by atoms with Crippen molar-refractivity contribution in [3.63, 3.8) is 0 Å². The Morgan fingerprint density at radius 3 is 2.60 bits per heavy atom. The van der Waals surface area contributed by atoms with Crippen molar-refractivity contribution in [2.75, 3.05) is 38.5 Å². The minimum Gasteiger partial charge on any atom is -0.368 e. The van der Waals surface area contributed by atoms with Crippen LogP contribution < -0.4 is 5.73 Å². The van der Waals surface area contributed by atoms with Crippen LogP contribution in [0.5, 0.6) is 0 Å². The molecule has 1 unspecified atom stereocenters. The van der Waals surface area contributed by atoms with Gasteiger partial charge in [0.05, 0.1) is 6.04 Å². The molecule has 4 rings (SSSR count). The van der Waals surface area contributed by atoms with E-state index >= 15 is 0 Å². The van der Waals surface area contributed by atoms with Gasteiger partial charge in [0.25, 0.3) is 0 Å². The molecule has 0 aliphatic carbocycles. The molecular formula is C9H14N6. The Morgan fingerprint density at radius 2 is 2.00 bits per heavy atom. The molecule has 6 nitrogen and oxygen atoms in total. The molecule has 4 heterocycles. The van der Waals surface area contributed by atoms with Crippen molar-refractivity contribution < 1.29 is 0 Å². The second-order valence-electron chi connectivity index (χ2n) is 4.05. The van der Waals surface area contributed by atoms with Gasteiger partial charge in [0.15, 0.2) is 5.82 Å². The molecule has 1 aromatic rings. The zero-order valence-electron chi connectivity index (χ0n) is 8.50. The summed E-state index contributed by atoms with van der Waals surface area (Å²) in [5, 5.41) is 0. The highest BCUT2D eigenvalue weighted by Crippen LogP contribution is 2.26. The van der Waals surface area contributed by atoms with Crippen molar-refractivity contribution in [3.8, 4) is 0 Å². The van der Waals surface area contributed by atoms with E-state index < -0.39 is 0 Å². The fraction of sp³-hybridized carbons (Fsp3) is 0.667. The third-order valence-electron chi connectivity index (χ3n) is 3.19. The van der Waals surface area contributed by atoms with Crippen LogP contribution in [0.15, 0.2) is 6.33 Å². The Kier molecular flexibility index (Phi) is 2.03. The van der Waals surface area contributed by atoms with E-state index in [1.807, 2.05) is 0 Å².